The van der Waals surface area contributed by atoms with E-state index in [2.05, 4.69) is 15.5 Å². The van der Waals surface area contributed by atoms with E-state index >= 15 is 0 Å². The SMILES string of the molecule is CC(=O)Oc1ccc(C(=O)Nc2c(OCc3ccc(C4(C(F)(F)F)N=N4)cc3)oc3c(C)c(O)ccc3c2=O)cc1CC=C(C)C. The van der Waals surface area contributed by atoms with Crippen LogP contribution in [-0.4, -0.2) is 23.2 Å². The highest BCUT2D eigenvalue weighted by Gasteiger charge is 2.65. The number of hydrogen-bond donors (Lipinski definition) is 2. The van der Waals surface area contributed by atoms with Gasteiger partial charge in [-0.05, 0) is 68.7 Å². The number of nitrogens with zero attached hydrogens (tertiary/aromatic N) is 2. The molecule has 1 aromatic heterocycles. The summed E-state index contributed by atoms with van der Waals surface area (Å²) in [6.45, 7) is 6.34. The molecule has 0 aliphatic carbocycles. The fourth-order valence-corrected chi connectivity index (χ4v) is 4.63. The lowest BCUT2D eigenvalue weighted by Crippen LogP contribution is -2.30. The molecule has 0 unspecified atom stereocenters. The van der Waals surface area contributed by atoms with Gasteiger partial charge in [-0.25, -0.2) is 0 Å². The molecule has 0 saturated heterocycles. The van der Waals surface area contributed by atoms with Gasteiger partial charge in [-0.3, -0.25) is 14.4 Å². The second-order valence-electron chi connectivity index (χ2n) is 10.9. The fourth-order valence-electron chi connectivity index (χ4n) is 4.63. The summed E-state index contributed by atoms with van der Waals surface area (Å²) in [4.78, 5) is 38.7. The molecule has 0 bridgehead atoms. The maximum absolute atomic E-state index is 13.6. The number of halogens is 3. The minimum Gasteiger partial charge on any atom is -0.508 e. The second kappa shape index (κ2) is 12.1. The summed E-state index contributed by atoms with van der Waals surface area (Å²) >= 11 is 0. The summed E-state index contributed by atoms with van der Waals surface area (Å²) in [5.74, 6) is -1.47. The van der Waals surface area contributed by atoms with Gasteiger partial charge in [-0.15, -0.1) is 10.2 Å². The number of anilines is 1. The Bertz CT molecular complexity index is 1970. The molecule has 46 heavy (non-hydrogen) atoms. The number of amides is 1. The van der Waals surface area contributed by atoms with Crippen LogP contribution in [0.1, 0.15) is 53.4 Å². The van der Waals surface area contributed by atoms with Crippen molar-refractivity contribution in [1.29, 1.82) is 0 Å². The van der Waals surface area contributed by atoms with Crippen molar-refractivity contribution in [2.75, 3.05) is 5.32 Å². The van der Waals surface area contributed by atoms with Gasteiger partial charge < -0.3 is 24.3 Å². The number of nitrogens with one attached hydrogen (secondary N) is 1. The highest BCUT2D eigenvalue weighted by Crippen LogP contribution is 2.52. The molecule has 238 valence electrons. The van der Waals surface area contributed by atoms with Crippen molar-refractivity contribution in [3.05, 3.63) is 104 Å². The number of aromatic hydroxyl groups is 1. The van der Waals surface area contributed by atoms with Gasteiger partial charge in [-0.2, -0.15) is 13.2 Å². The maximum Gasteiger partial charge on any atom is 0.442 e. The van der Waals surface area contributed by atoms with Crippen molar-refractivity contribution < 1.29 is 41.8 Å². The summed E-state index contributed by atoms with van der Waals surface area (Å²) in [5, 5.41) is 19.2. The minimum atomic E-state index is -4.68. The number of benzene rings is 3. The third-order valence-electron chi connectivity index (χ3n) is 7.21. The van der Waals surface area contributed by atoms with Crippen molar-refractivity contribution in [3.8, 4) is 17.4 Å². The summed E-state index contributed by atoms with van der Waals surface area (Å²) in [7, 11) is 0. The van der Waals surface area contributed by atoms with Crippen LogP contribution in [0.4, 0.5) is 18.9 Å². The first-order valence-electron chi connectivity index (χ1n) is 14.0. The number of aryl methyl sites for hydroxylation is 1. The first-order chi connectivity index (χ1) is 21.7. The summed E-state index contributed by atoms with van der Waals surface area (Å²) in [6, 6.07) is 12.3. The predicted octanol–water partition coefficient (Wildman–Crippen LogP) is 7.25. The van der Waals surface area contributed by atoms with Crippen LogP contribution in [0.5, 0.6) is 17.4 Å². The third-order valence-corrected chi connectivity index (χ3v) is 7.21. The number of allylic oxidation sites excluding steroid dienone is 2. The number of ether oxygens (including phenoxy) is 2. The molecule has 5 rings (SSSR count). The van der Waals surface area contributed by atoms with E-state index in [0.29, 0.717) is 17.5 Å². The number of phenols is 1. The highest BCUT2D eigenvalue weighted by molar-refractivity contribution is 6.06. The van der Waals surface area contributed by atoms with E-state index in [1.807, 2.05) is 19.9 Å². The zero-order valence-corrected chi connectivity index (χ0v) is 25.1. The molecule has 0 spiro atoms. The van der Waals surface area contributed by atoms with E-state index in [-0.39, 0.29) is 57.4 Å². The Labute approximate surface area is 260 Å². The van der Waals surface area contributed by atoms with Gasteiger partial charge in [0, 0.05) is 23.6 Å². The van der Waals surface area contributed by atoms with Gasteiger partial charge >= 0.3 is 23.8 Å². The molecule has 1 aliphatic rings. The lowest BCUT2D eigenvalue weighted by Gasteiger charge is -2.16. The van der Waals surface area contributed by atoms with E-state index < -0.39 is 29.1 Å². The van der Waals surface area contributed by atoms with E-state index in [1.54, 1.807) is 0 Å². The Morgan fingerprint density at radius 1 is 1.04 bits per heavy atom. The number of phenolic OH excluding ortho intramolecular Hbond substituents is 1. The molecule has 13 heteroatoms. The molecule has 2 N–H and O–H groups in total. The monoisotopic (exact) mass is 635 g/mol. The van der Waals surface area contributed by atoms with Gasteiger partial charge in [0.25, 0.3) is 5.91 Å². The van der Waals surface area contributed by atoms with Gasteiger partial charge in [0.15, 0.2) is 5.69 Å². The van der Waals surface area contributed by atoms with E-state index in [0.717, 1.165) is 5.57 Å². The molecule has 4 aromatic rings. The van der Waals surface area contributed by atoms with Gasteiger partial charge in [0.1, 0.15) is 23.7 Å². The average molecular weight is 636 g/mol. The number of carbonyl (C=O) groups is 2. The van der Waals surface area contributed by atoms with E-state index in [9.17, 15) is 32.7 Å². The Morgan fingerprint density at radius 2 is 1.74 bits per heavy atom. The molecular weight excluding hydrogens is 607 g/mol. The molecular formula is C33H28F3N3O7. The van der Waals surface area contributed by atoms with Crippen LogP contribution in [-0.2, 0) is 23.5 Å². The average Bonchev–Trinajstić information content (AvgIpc) is 3.82. The number of hydrogen-bond acceptors (Lipinski definition) is 9. The van der Waals surface area contributed by atoms with E-state index in [4.69, 9.17) is 13.9 Å². The van der Waals surface area contributed by atoms with Gasteiger partial charge in [0.2, 0.25) is 5.43 Å². The summed E-state index contributed by atoms with van der Waals surface area (Å²) < 4.78 is 57.1. The number of fused-ring (bicyclic) bond motifs is 1. The van der Waals surface area contributed by atoms with Crippen LogP contribution in [0.15, 0.2) is 85.7 Å². The van der Waals surface area contributed by atoms with E-state index in [1.165, 1.54) is 68.4 Å². The minimum absolute atomic E-state index is 0.0205. The number of rotatable bonds is 9. The van der Waals surface area contributed by atoms with Gasteiger partial charge in [0.05, 0.1) is 5.39 Å². The Hall–Kier alpha value is -5.46. The van der Waals surface area contributed by atoms with Crippen molar-refractivity contribution in [2.45, 2.75) is 52.6 Å². The van der Waals surface area contributed by atoms with Crippen molar-refractivity contribution in [1.82, 2.24) is 0 Å². The Balaban J connectivity index is 1.47. The predicted molar refractivity (Wildman–Crippen MR) is 161 cm³/mol. The maximum atomic E-state index is 13.6. The second-order valence-corrected chi connectivity index (χ2v) is 10.9. The first kappa shape index (κ1) is 31.9. The molecule has 0 radical (unpaired) electrons. The van der Waals surface area contributed by atoms with Crippen molar-refractivity contribution in [3.63, 3.8) is 0 Å². The first-order valence-corrected chi connectivity index (χ1v) is 14.0. The molecule has 2 heterocycles. The zero-order valence-electron chi connectivity index (χ0n) is 25.1. The zero-order chi connectivity index (χ0) is 33.4. The molecule has 3 aromatic carbocycles. The van der Waals surface area contributed by atoms with Crippen LogP contribution in [0, 0.1) is 6.92 Å². The lowest BCUT2D eigenvalue weighted by molar-refractivity contribution is -0.166. The number of esters is 1. The topological polar surface area (TPSA) is 140 Å². The smallest absolute Gasteiger partial charge is 0.442 e. The van der Waals surface area contributed by atoms with Crippen LogP contribution < -0.4 is 20.2 Å². The molecule has 1 aliphatic heterocycles. The van der Waals surface area contributed by atoms with Crippen molar-refractivity contribution in [2.24, 2.45) is 10.2 Å². The van der Waals surface area contributed by atoms with Crippen LogP contribution >= 0.6 is 0 Å². The molecule has 0 fully saturated rings. The molecule has 1 amide bonds. The third kappa shape index (κ3) is 6.34. The molecule has 10 nitrogen and oxygen atoms in total. The van der Waals surface area contributed by atoms with Gasteiger partial charge in [-0.1, -0.05) is 35.9 Å². The largest absolute Gasteiger partial charge is 0.508 e. The molecule has 0 saturated carbocycles. The van der Waals surface area contributed by atoms with Crippen LogP contribution in [0.25, 0.3) is 11.0 Å². The number of alkyl halides is 3. The van der Waals surface area contributed by atoms with Crippen LogP contribution in [0.3, 0.4) is 0 Å². The quantitative estimate of drug-likeness (QED) is 0.112. The lowest BCUT2D eigenvalue weighted by atomic mass is 10.0. The Kier molecular flexibility index (Phi) is 8.44. The summed E-state index contributed by atoms with van der Waals surface area (Å²) in [6.07, 6.45) is -2.41. The normalized spacial score (nSPS) is 13.3. The fraction of sp³-hybridized carbons (Fsp3) is 0.242. The van der Waals surface area contributed by atoms with Crippen molar-refractivity contribution >= 4 is 28.5 Å². The number of carbonyl (C=O) groups excluding carboxylic acids is 2. The molecule has 0 atom stereocenters. The highest BCUT2D eigenvalue weighted by atomic mass is 19.4. The Morgan fingerprint density at radius 3 is 2.35 bits per heavy atom. The van der Waals surface area contributed by atoms with Crippen LogP contribution in [0.2, 0.25) is 0 Å². The standard InChI is InChI=1S/C33H28F3N3O7/c1-17(2)5-8-21-15-22(9-14-26(21)45-19(4)40)30(43)37-27-28(42)24-12-13-25(41)18(3)29(24)46-31(27)44-16-20-6-10-23(11-7-20)32(38-39-32)33(34,35)36/h5-7,9-15,41H,8,16H2,1-4H3,(H,37,43). The summed E-state index contributed by atoms with van der Waals surface area (Å²) in [5.41, 5.74) is -1.33.